The van der Waals surface area contributed by atoms with Gasteiger partial charge in [0.15, 0.2) is 11.9 Å². The van der Waals surface area contributed by atoms with Gasteiger partial charge in [0, 0.05) is 53.2 Å². The summed E-state index contributed by atoms with van der Waals surface area (Å²) in [6, 6.07) is 10.4. The number of carbonyl (C=O) groups is 1. The molecule has 0 fully saturated rings. The smallest absolute Gasteiger partial charge is 0.294 e. The molecule has 2 aliphatic heterocycles. The van der Waals surface area contributed by atoms with Crippen molar-refractivity contribution < 1.29 is 53.0 Å². The minimum Gasteiger partial charge on any atom is -0.444 e. The molecule has 310 valence electrons. The summed E-state index contributed by atoms with van der Waals surface area (Å²) in [5, 5.41) is 3.36. The summed E-state index contributed by atoms with van der Waals surface area (Å²) in [4.78, 5) is 13.2. The fourth-order valence-corrected chi connectivity index (χ4v) is 9.51. The Morgan fingerprint density at radius 3 is 2.21 bits per heavy atom. The molecule has 2 heterocycles. The van der Waals surface area contributed by atoms with Crippen LogP contribution >= 0.6 is 0 Å². The van der Waals surface area contributed by atoms with Crippen LogP contribution in [0.2, 0.25) is 0 Å². The molecule has 1 unspecified atom stereocenters. The van der Waals surface area contributed by atoms with Crippen LogP contribution in [0.15, 0.2) is 88.1 Å². The molecule has 1 atom stereocenters. The number of ether oxygens (including phenoxy) is 1. The Hall–Kier alpha value is -4.13. The first-order valence-electron chi connectivity index (χ1n) is 18.7. The SMILES string of the molecule is Cc1ccc2c(c1)C(C)(C)/C(=C/C=C1\CCCC(/C=C/C3=[N+](CCCS(=O)(=O)O)c4ccc(S(=O)(=O)O)cc4C3(C)C)=C1NC(C)OC=O)N2CCCS(=O)(=O)O. The third-order valence-electron chi connectivity index (χ3n) is 10.8. The predicted molar refractivity (Wildman–Crippen MR) is 219 cm³/mol. The number of hydrogen-bond acceptors (Lipinski definition) is 10. The second-order valence-corrected chi connectivity index (χ2v) is 20.3. The van der Waals surface area contributed by atoms with Gasteiger partial charge in [-0.2, -0.15) is 29.8 Å². The van der Waals surface area contributed by atoms with Gasteiger partial charge in [-0.05, 0) is 94.4 Å². The fourth-order valence-electron chi connectivity index (χ4n) is 8.02. The van der Waals surface area contributed by atoms with Crippen molar-refractivity contribution in [2.75, 3.05) is 29.5 Å². The lowest BCUT2D eigenvalue weighted by atomic mass is 9.81. The summed E-state index contributed by atoms with van der Waals surface area (Å²) in [7, 11) is -12.9. The van der Waals surface area contributed by atoms with Crippen LogP contribution in [0.1, 0.15) is 83.4 Å². The van der Waals surface area contributed by atoms with Crippen molar-refractivity contribution in [3.05, 3.63) is 99.9 Å². The Bertz CT molecular complexity index is 2430. The minimum atomic E-state index is -4.51. The van der Waals surface area contributed by atoms with Crippen molar-refractivity contribution in [3.8, 4) is 0 Å². The largest absolute Gasteiger partial charge is 0.444 e. The number of fused-ring (bicyclic) bond motifs is 2. The van der Waals surface area contributed by atoms with Gasteiger partial charge in [-0.25, -0.2) is 0 Å². The van der Waals surface area contributed by atoms with Gasteiger partial charge in [0.1, 0.15) is 6.54 Å². The lowest BCUT2D eigenvalue weighted by Gasteiger charge is -2.28. The quantitative estimate of drug-likeness (QED) is 0.0674. The molecule has 0 bridgehead atoms. The molecule has 5 rings (SSSR count). The molecule has 0 saturated carbocycles. The first-order chi connectivity index (χ1) is 26.4. The van der Waals surface area contributed by atoms with Gasteiger partial charge in [-0.1, -0.05) is 43.7 Å². The molecule has 4 N–H and O–H groups in total. The van der Waals surface area contributed by atoms with Crippen molar-refractivity contribution in [1.82, 2.24) is 5.32 Å². The molecular formula is C40H52N3O11S3+. The molecule has 57 heavy (non-hydrogen) atoms. The van der Waals surface area contributed by atoms with Crippen LogP contribution in [0.4, 0.5) is 11.4 Å². The van der Waals surface area contributed by atoms with Crippen LogP contribution in [0.5, 0.6) is 0 Å². The summed E-state index contributed by atoms with van der Waals surface area (Å²) >= 11 is 0. The van der Waals surface area contributed by atoms with E-state index in [0.717, 1.165) is 51.5 Å². The predicted octanol–water partition coefficient (Wildman–Crippen LogP) is 5.88. The Morgan fingerprint density at radius 2 is 1.56 bits per heavy atom. The standard InChI is InChI=1S/C40H51N3O11S3/c1-27-12-16-34-32(24-27)39(3,4)36(42(34)20-8-22-55(45,46)47)18-13-29-10-7-11-30(38(29)41-28(2)54-26-44)14-19-37-40(5,6)33-25-31(57(51,52)53)15-17-35(33)43(37)21-9-23-56(48,49)50/h12-19,24-26,28H,7-11,20-23H2,1-6H3,(H3,45,46,47,48,49,50,51,52,53)/p+1/b29-13+,36-18-. The number of carbonyl (C=O) groups excluding carboxylic acids is 1. The molecule has 14 nitrogen and oxygen atoms in total. The molecule has 0 amide bonds. The van der Waals surface area contributed by atoms with Gasteiger partial charge < -0.3 is 15.0 Å². The lowest BCUT2D eigenvalue weighted by molar-refractivity contribution is -0.437. The highest BCUT2D eigenvalue weighted by Crippen LogP contribution is 2.48. The fraction of sp³-hybridized carbons (Fsp3) is 0.450. The molecule has 2 aromatic carbocycles. The average molecular weight is 847 g/mol. The highest BCUT2D eigenvalue weighted by molar-refractivity contribution is 7.86. The molecular weight excluding hydrogens is 795 g/mol. The van der Waals surface area contributed by atoms with E-state index in [9.17, 15) is 43.7 Å². The molecule has 2 aromatic rings. The molecule has 0 radical (unpaired) electrons. The van der Waals surface area contributed by atoms with Gasteiger partial charge in [-0.3, -0.25) is 18.5 Å². The molecule has 17 heteroatoms. The van der Waals surface area contributed by atoms with Crippen LogP contribution in [0.25, 0.3) is 0 Å². The zero-order valence-electron chi connectivity index (χ0n) is 33.0. The molecule has 3 aliphatic rings. The second kappa shape index (κ2) is 16.6. The van der Waals surface area contributed by atoms with E-state index >= 15 is 0 Å². The first-order valence-corrected chi connectivity index (χ1v) is 23.3. The van der Waals surface area contributed by atoms with E-state index in [4.69, 9.17) is 4.74 Å². The highest BCUT2D eigenvalue weighted by atomic mass is 32.2. The number of nitrogens with one attached hydrogen (secondary N) is 1. The van der Waals surface area contributed by atoms with E-state index in [2.05, 4.69) is 30.1 Å². The van der Waals surface area contributed by atoms with Gasteiger partial charge in [-0.15, -0.1) is 0 Å². The Kier molecular flexibility index (Phi) is 12.8. The van der Waals surface area contributed by atoms with Crippen molar-refractivity contribution in [3.63, 3.8) is 0 Å². The summed E-state index contributed by atoms with van der Waals surface area (Å²) in [5.41, 5.74) is 7.35. The van der Waals surface area contributed by atoms with E-state index in [1.807, 2.05) is 61.8 Å². The third kappa shape index (κ3) is 10.1. The zero-order chi connectivity index (χ0) is 42.1. The van der Waals surface area contributed by atoms with Gasteiger partial charge in [0.05, 0.1) is 21.8 Å². The average Bonchev–Trinajstić information content (AvgIpc) is 3.43. The number of benzene rings is 2. The molecule has 1 aliphatic carbocycles. The van der Waals surface area contributed by atoms with Crippen molar-refractivity contribution in [2.45, 2.75) is 95.6 Å². The third-order valence-corrected chi connectivity index (χ3v) is 13.3. The van der Waals surface area contributed by atoms with Crippen molar-refractivity contribution >= 4 is 53.9 Å². The van der Waals surface area contributed by atoms with Gasteiger partial charge in [0.2, 0.25) is 5.69 Å². The number of anilines is 1. The molecule has 0 spiro atoms. The normalized spacial score (nSPS) is 20.1. The number of nitrogens with zero attached hydrogens (tertiary/aromatic N) is 2. The van der Waals surface area contributed by atoms with Crippen molar-refractivity contribution in [2.24, 2.45) is 0 Å². The topological polar surface area (TPSA) is 208 Å². The summed E-state index contributed by atoms with van der Waals surface area (Å²) < 4.78 is 107. The maximum absolute atomic E-state index is 12.1. The number of rotatable bonds is 16. The number of hydrogen-bond donors (Lipinski definition) is 4. The summed E-state index contributed by atoms with van der Waals surface area (Å²) in [6.07, 6.45) is 9.60. The minimum absolute atomic E-state index is 0.0793. The van der Waals surface area contributed by atoms with Crippen LogP contribution in [0, 0.1) is 6.92 Å². The van der Waals surface area contributed by atoms with Crippen LogP contribution < -0.4 is 10.2 Å². The first kappa shape index (κ1) is 44.0. The maximum atomic E-state index is 12.1. The van der Waals surface area contributed by atoms with Crippen LogP contribution in [-0.2, 0) is 50.7 Å². The molecule has 0 aromatic heterocycles. The van der Waals surface area contributed by atoms with E-state index in [1.54, 1.807) is 13.0 Å². The second-order valence-electron chi connectivity index (χ2n) is 15.7. The zero-order valence-corrected chi connectivity index (χ0v) is 35.5. The highest BCUT2D eigenvalue weighted by Gasteiger charge is 2.45. The van der Waals surface area contributed by atoms with E-state index in [0.29, 0.717) is 37.1 Å². The van der Waals surface area contributed by atoms with Gasteiger partial charge >= 0.3 is 0 Å². The van der Waals surface area contributed by atoms with Crippen molar-refractivity contribution in [1.29, 1.82) is 0 Å². The lowest BCUT2D eigenvalue weighted by Crippen LogP contribution is -2.31. The van der Waals surface area contributed by atoms with E-state index in [1.165, 1.54) is 12.1 Å². The van der Waals surface area contributed by atoms with Gasteiger partial charge in [0.25, 0.3) is 36.8 Å². The Balaban J connectivity index is 1.61. The Morgan fingerprint density at radius 1 is 0.877 bits per heavy atom. The Labute approximate surface area is 336 Å². The summed E-state index contributed by atoms with van der Waals surface area (Å²) in [5.74, 6) is -0.850. The van der Waals surface area contributed by atoms with Crippen LogP contribution in [-0.4, -0.2) is 86.5 Å². The van der Waals surface area contributed by atoms with E-state index in [-0.39, 0.29) is 30.0 Å². The van der Waals surface area contributed by atoms with E-state index < -0.39 is 53.2 Å². The monoisotopic (exact) mass is 846 g/mol. The number of allylic oxidation sites excluding steroid dienone is 7. The number of aryl methyl sites for hydroxylation is 1. The molecule has 0 saturated heterocycles. The summed E-state index contributed by atoms with van der Waals surface area (Å²) in [6.45, 7) is 12.7. The maximum Gasteiger partial charge on any atom is 0.294 e. The van der Waals surface area contributed by atoms with Crippen LogP contribution in [0.3, 0.4) is 0 Å².